The molecule has 4 heteroatoms. The van der Waals surface area contributed by atoms with Crippen molar-refractivity contribution in [2.75, 3.05) is 6.61 Å². The summed E-state index contributed by atoms with van der Waals surface area (Å²) >= 11 is 0. The molecule has 0 N–H and O–H groups in total. The molecule has 0 heterocycles. The molecule has 1 unspecified atom stereocenters. The Bertz CT molecular complexity index is 426. The van der Waals surface area contributed by atoms with Crippen molar-refractivity contribution in [1.82, 2.24) is 0 Å². The molecule has 98 valence electrons. The first-order chi connectivity index (χ1) is 8.56. The van der Waals surface area contributed by atoms with E-state index in [-0.39, 0.29) is 5.78 Å². The maximum atomic E-state index is 11.6. The van der Waals surface area contributed by atoms with E-state index in [9.17, 15) is 9.59 Å². The molecular weight excluding hydrogens is 232 g/mol. The third kappa shape index (κ3) is 3.87. The maximum absolute atomic E-state index is 11.6. The third-order valence-electron chi connectivity index (χ3n) is 2.35. The zero-order valence-corrected chi connectivity index (χ0v) is 10.9. The van der Waals surface area contributed by atoms with E-state index in [4.69, 9.17) is 9.47 Å². The minimum Gasteiger partial charge on any atom is -0.478 e. The molecule has 0 bridgehead atoms. The van der Waals surface area contributed by atoms with Crippen LogP contribution in [0.2, 0.25) is 0 Å². The van der Waals surface area contributed by atoms with Crippen LogP contribution in [0.5, 0.6) is 5.75 Å². The lowest BCUT2D eigenvalue weighted by Gasteiger charge is -2.15. The molecule has 0 radical (unpaired) electrons. The molecule has 0 aliphatic carbocycles. The van der Waals surface area contributed by atoms with Crippen LogP contribution in [0.4, 0.5) is 0 Å². The number of Topliss-reactive ketones (excluding diaryl/α,β-unsaturated/α-hetero) is 1. The van der Waals surface area contributed by atoms with Gasteiger partial charge in [0.25, 0.3) is 0 Å². The molecule has 0 aromatic heterocycles. The number of rotatable bonds is 6. The fourth-order valence-electron chi connectivity index (χ4n) is 1.42. The Morgan fingerprint density at radius 1 is 1.28 bits per heavy atom. The summed E-state index contributed by atoms with van der Waals surface area (Å²) in [7, 11) is 0. The molecule has 0 saturated heterocycles. The predicted octanol–water partition coefficient (Wildman–Crippen LogP) is 2.61. The monoisotopic (exact) mass is 250 g/mol. The van der Waals surface area contributed by atoms with E-state index in [0.717, 1.165) is 6.42 Å². The van der Waals surface area contributed by atoms with Crippen molar-refractivity contribution in [3.63, 3.8) is 0 Å². The van der Waals surface area contributed by atoms with Gasteiger partial charge in [0.1, 0.15) is 5.75 Å². The van der Waals surface area contributed by atoms with Crippen molar-refractivity contribution in [3.8, 4) is 5.75 Å². The second kappa shape index (κ2) is 6.79. The standard InChI is InChI=1S/C14H18O4/c1-4-9-17-14(16)11(3)18-13-8-6-5-7-12(13)10(2)15/h5-8,11H,4,9H2,1-3H3. The summed E-state index contributed by atoms with van der Waals surface area (Å²) in [6, 6.07) is 6.84. The first-order valence-electron chi connectivity index (χ1n) is 5.99. The lowest BCUT2D eigenvalue weighted by atomic mass is 10.1. The highest BCUT2D eigenvalue weighted by Gasteiger charge is 2.18. The molecule has 0 saturated carbocycles. The van der Waals surface area contributed by atoms with Crippen molar-refractivity contribution < 1.29 is 19.1 Å². The lowest BCUT2D eigenvalue weighted by molar-refractivity contribution is -0.151. The van der Waals surface area contributed by atoms with Crippen LogP contribution in [-0.4, -0.2) is 24.5 Å². The van der Waals surface area contributed by atoms with Crippen LogP contribution in [0.25, 0.3) is 0 Å². The zero-order chi connectivity index (χ0) is 13.5. The van der Waals surface area contributed by atoms with Gasteiger partial charge in [0, 0.05) is 0 Å². The summed E-state index contributed by atoms with van der Waals surface area (Å²) in [5.41, 5.74) is 0.465. The highest BCUT2D eigenvalue weighted by atomic mass is 16.6. The topological polar surface area (TPSA) is 52.6 Å². The SMILES string of the molecule is CCCOC(=O)C(C)Oc1ccccc1C(C)=O. The zero-order valence-electron chi connectivity index (χ0n) is 10.9. The van der Waals surface area contributed by atoms with Crippen LogP contribution in [0, 0.1) is 0 Å². The van der Waals surface area contributed by atoms with Gasteiger partial charge in [0.05, 0.1) is 12.2 Å². The highest BCUT2D eigenvalue weighted by molar-refractivity contribution is 5.96. The number of carbonyl (C=O) groups is 2. The van der Waals surface area contributed by atoms with E-state index in [1.807, 2.05) is 6.92 Å². The van der Waals surface area contributed by atoms with Crippen LogP contribution in [0.3, 0.4) is 0 Å². The van der Waals surface area contributed by atoms with Gasteiger partial charge < -0.3 is 9.47 Å². The Labute approximate surface area is 107 Å². The van der Waals surface area contributed by atoms with E-state index in [1.54, 1.807) is 31.2 Å². The first-order valence-corrected chi connectivity index (χ1v) is 5.99. The molecule has 18 heavy (non-hydrogen) atoms. The normalized spacial score (nSPS) is 11.7. The van der Waals surface area contributed by atoms with Gasteiger partial charge in [-0.3, -0.25) is 4.79 Å². The molecule has 0 fully saturated rings. The smallest absolute Gasteiger partial charge is 0.347 e. The predicted molar refractivity (Wildman–Crippen MR) is 67.8 cm³/mol. The second-order valence-corrected chi connectivity index (χ2v) is 3.98. The number of ketones is 1. The quantitative estimate of drug-likeness (QED) is 0.575. The van der Waals surface area contributed by atoms with Crippen LogP contribution >= 0.6 is 0 Å². The van der Waals surface area contributed by atoms with Gasteiger partial charge in [-0.25, -0.2) is 4.79 Å². The van der Waals surface area contributed by atoms with Crippen LogP contribution < -0.4 is 4.74 Å². The summed E-state index contributed by atoms with van der Waals surface area (Å²) in [6.45, 7) is 5.36. The number of hydrogen-bond donors (Lipinski definition) is 0. The molecule has 1 atom stereocenters. The number of para-hydroxylation sites is 1. The number of hydrogen-bond acceptors (Lipinski definition) is 4. The van der Waals surface area contributed by atoms with E-state index in [2.05, 4.69) is 0 Å². The molecule has 0 amide bonds. The second-order valence-electron chi connectivity index (χ2n) is 3.98. The summed E-state index contributed by atoms with van der Waals surface area (Å²) < 4.78 is 10.4. The fourth-order valence-corrected chi connectivity index (χ4v) is 1.42. The Balaban J connectivity index is 2.72. The Hall–Kier alpha value is -1.84. The minimum absolute atomic E-state index is 0.0975. The van der Waals surface area contributed by atoms with Crippen molar-refractivity contribution >= 4 is 11.8 Å². The Kier molecular flexibility index (Phi) is 5.36. The molecule has 0 aliphatic rings. The highest BCUT2D eigenvalue weighted by Crippen LogP contribution is 2.20. The number of ether oxygens (including phenoxy) is 2. The van der Waals surface area contributed by atoms with Gasteiger partial charge in [-0.15, -0.1) is 0 Å². The molecular formula is C14H18O4. The molecule has 0 aliphatic heterocycles. The van der Waals surface area contributed by atoms with E-state index in [0.29, 0.717) is 17.9 Å². The van der Waals surface area contributed by atoms with Gasteiger partial charge in [0.15, 0.2) is 11.9 Å². The maximum Gasteiger partial charge on any atom is 0.347 e. The fraction of sp³-hybridized carbons (Fsp3) is 0.429. The summed E-state index contributed by atoms with van der Waals surface area (Å²) in [6.07, 6.45) is 0.0414. The number of benzene rings is 1. The van der Waals surface area contributed by atoms with Gasteiger partial charge >= 0.3 is 5.97 Å². The molecule has 1 aromatic carbocycles. The van der Waals surface area contributed by atoms with Gasteiger partial charge in [0.2, 0.25) is 0 Å². The van der Waals surface area contributed by atoms with Crippen molar-refractivity contribution in [2.24, 2.45) is 0 Å². The van der Waals surface area contributed by atoms with Crippen molar-refractivity contribution in [3.05, 3.63) is 29.8 Å². The van der Waals surface area contributed by atoms with E-state index in [1.165, 1.54) is 6.92 Å². The average molecular weight is 250 g/mol. The minimum atomic E-state index is -0.725. The first kappa shape index (κ1) is 14.2. The summed E-state index contributed by atoms with van der Waals surface area (Å²) in [5, 5.41) is 0. The summed E-state index contributed by atoms with van der Waals surface area (Å²) in [5.74, 6) is -0.110. The Morgan fingerprint density at radius 2 is 1.94 bits per heavy atom. The summed E-state index contributed by atoms with van der Waals surface area (Å²) in [4.78, 5) is 22.9. The molecule has 0 spiro atoms. The average Bonchev–Trinajstić information content (AvgIpc) is 2.36. The van der Waals surface area contributed by atoms with Crippen LogP contribution in [0.1, 0.15) is 37.6 Å². The van der Waals surface area contributed by atoms with Crippen LogP contribution in [0.15, 0.2) is 24.3 Å². The molecule has 1 rings (SSSR count). The number of carbonyl (C=O) groups excluding carboxylic acids is 2. The van der Waals surface area contributed by atoms with Crippen molar-refractivity contribution in [2.45, 2.75) is 33.3 Å². The largest absolute Gasteiger partial charge is 0.478 e. The van der Waals surface area contributed by atoms with Gasteiger partial charge in [-0.2, -0.15) is 0 Å². The Morgan fingerprint density at radius 3 is 2.56 bits per heavy atom. The molecule has 4 nitrogen and oxygen atoms in total. The number of esters is 1. The molecule has 1 aromatic rings. The van der Waals surface area contributed by atoms with E-state index >= 15 is 0 Å². The van der Waals surface area contributed by atoms with E-state index < -0.39 is 12.1 Å². The van der Waals surface area contributed by atoms with Crippen molar-refractivity contribution in [1.29, 1.82) is 0 Å². The van der Waals surface area contributed by atoms with Crippen LogP contribution in [-0.2, 0) is 9.53 Å². The van der Waals surface area contributed by atoms with Gasteiger partial charge in [-0.1, -0.05) is 19.1 Å². The lowest BCUT2D eigenvalue weighted by Crippen LogP contribution is -2.27. The third-order valence-corrected chi connectivity index (χ3v) is 2.35. The van der Waals surface area contributed by atoms with Gasteiger partial charge in [-0.05, 0) is 32.4 Å².